The number of anilines is 1. The van der Waals surface area contributed by atoms with Gasteiger partial charge in [-0.2, -0.15) is 5.10 Å². The normalized spacial score (nSPS) is 21.9. The molecule has 0 aromatic carbocycles. The number of aromatic nitrogens is 3. The number of pyridine rings is 1. The molecule has 1 unspecified atom stereocenters. The number of sulfone groups is 1. The second kappa shape index (κ2) is 4.19. The maximum atomic E-state index is 11.4. The SMILES string of the molecule is Cc1nn(C)c2ncc(NC3CCS(=O)(=O)C3)cc12. The van der Waals surface area contributed by atoms with Crippen LogP contribution in [0.3, 0.4) is 0 Å². The molecule has 19 heavy (non-hydrogen) atoms. The van der Waals surface area contributed by atoms with Crippen molar-refractivity contribution in [2.24, 2.45) is 7.05 Å². The molecule has 3 rings (SSSR count). The largest absolute Gasteiger partial charge is 0.380 e. The van der Waals surface area contributed by atoms with E-state index < -0.39 is 9.84 Å². The van der Waals surface area contributed by atoms with E-state index in [1.54, 1.807) is 10.9 Å². The maximum Gasteiger partial charge on any atom is 0.157 e. The summed E-state index contributed by atoms with van der Waals surface area (Å²) < 4.78 is 24.6. The van der Waals surface area contributed by atoms with Crippen LogP contribution in [0.5, 0.6) is 0 Å². The molecular weight excluding hydrogens is 264 g/mol. The Morgan fingerprint density at radius 2 is 2.26 bits per heavy atom. The summed E-state index contributed by atoms with van der Waals surface area (Å²) in [5.74, 6) is 0.476. The minimum atomic E-state index is -2.86. The summed E-state index contributed by atoms with van der Waals surface area (Å²) in [6.45, 7) is 1.94. The van der Waals surface area contributed by atoms with Gasteiger partial charge in [0.15, 0.2) is 15.5 Å². The molecule has 0 bridgehead atoms. The van der Waals surface area contributed by atoms with Gasteiger partial charge in [-0.1, -0.05) is 0 Å². The summed E-state index contributed by atoms with van der Waals surface area (Å²) in [4.78, 5) is 4.37. The second-order valence-corrected chi connectivity index (χ2v) is 7.28. The third kappa shape index (κ3) is 2.30. The average Bonchev–Trinajstić information content (AvgIpc) is 2.81. The van der Waals surface area contributed by atoms with E-state index in [1.165, 1.54) is 0 Å². The van der Waals surface area contributed by atoms with Crippen molar-refractivity contribution in [3.8, 4) is 0 Å². The minimum absolute atomic E-state index is 0.0128. The van der Waals surface area contributed by atoms with Crippen LogP contribution in [0.1, 0.15) is 12.1 Å². The predicted octanol–water partition coefficient (Wildman–Crippen LogP) is 0.876. The summed E-state index contributed by atoms with van der Waals surface area (Å²) >= 11 is 0. The maximum absolute atomic E-state index is 11.4. The first kappa shape index (κ1) is 12.4. The smallest absolute Gasteiger partial charge is 0.157 e. The average molecular weight is 280 g/mol. The lowest BCUT2D eigenvalue weighted by Gasteiger charge is -2.11. The molecule has 102 valence electrons. The van der Waals surface area contributed by atoms with E-state index in [9.17, 15) is 8.42 Å². The highest BCUT2D eigenvalue weighted by Gasteiger charge is 2.27. The van der Waals surface area contributed by atoms with Crippen molar-refractivity contribution in [1.29, 1.82) is 0 Å². The van der Waals surface area contributed by atoms with Gasteiger partial charge in [0.25, 0.3) is 0 Å². The fourth-order valence-electron chi connectivity index (χ4n) is 2.53. The number of hydrogen-bond acceptors (Lipinski definition) is 5. The lowest BCUT2D eigenvalue weighted by atomic mass is 10.2. The summed E-state index contributed by atoms with van der Waals surface area (Å²) in [6.07, 6.45) is 2.39. The molecule has 7 heteroatoms. The summed E-state index contributed by atoms with van der Waals surface area (Å²) in [6, 6.07) is 1.97. The van der Waals surface area contributed by atoms with Crippen LogP contribution in [0.2, 0.25) is 0 Å². The second-order valence-electron chi connectivity index (χ2n) is 5.05. The van der Waals surface area contributed by atoms with Gasteiger partial charge in [0.1, 0.15) is 0 Å². The van der Waals surface area contributed by atoms with Gasteiger partial charge in [0.05, 0.1) is 29.1 Å². The number of fused-ring (bicyclic) bond motifs is 1. The van der Waals surface area contributed by atoms with Gasteiger partial charge in [0.2, 0.25) is 0 Å². The molecule has 0 amide bonds. The van der Waals surface area contributed by atoms with Crippen molar-refractivity contribution < 1.29 is 8.42 Å². The van der Waals surface area contributed by atoms with Crippen LogP contribution in [0.15, 0.2) is 12.3 Å². The van der Waals surface area contributed by atoms with Crippen LogP contribution in [-0.4, -0.2) is 40.7 Å². The summed E-state index contributed by atoms with van der Waals surface area (Å²) in [7, 11) is -1.00. The third-order valence-electron chi connectivity index (χ3n) is 3.47. The van der Waals surface area contributed by atoms with Crippen molar-refractivity contribution in [1.82, 2.24) is 14.8 Å². The number of rotatable bonds is 2. The van der Waals surface area contributed by atoms with Crippen LogP contribution in [0, 0.1) is 6.92 Å². The lowest BCUT2D eigenvalue weighted by molar-refractivity contribution is 0.602. The highest BCUT2D eigenvalue weighted by molar-refractivity contribution is 7.91. The van der Waals surface area contributed by atoms with Gasteiger partial charge >= 0.3 is 0 Å². The molecular formula is C12H16N4O2S. The molecule has 1 aliphatic heterocycles. The van der Waals surface area contributed by atoms with Crippen molar-refractivity contribution in [2.45, 2.75) is 19.4 Å². The van der Waals surface area contributed by atoms with Crippen LogP contribution in [-0.2, 0) is 16.9 Å². The van der Waals surface area contributed by atoms with Gasteiger partial charge < -0.3 is 5.32 Å². The Hall–Kier alpha value is -1.63. The molecule has 0 radical (unpaired) electrons. The van der Waals surface area contributed by atoms with Crippen LogP contribution >= 0.6 is 0 Å². The number of nitrogens with one attached hydrogen (secondary N) is 1. The standard InChI is InChI=1S/C12H16N4O2S/c1-8-11-5-10(6-13-12(11)16(2)15-8)14-9-3-4-19(17,18)7-9/h5-6,9,14H,3-4,7H2,1-2H3. The topological polar surface area (TPSA) is 76.9 Å². The van der Waals surface area contributed by atoms with E-state index in [4.69, 9.17) is 0 Å². The van der Waals surface area contributed by atoms with E-state index in [0.717, 1.165) is 22.4 Å². The summed E-state index contributed by atoms with van der Waals surface area (Å²) in [5.41, 5.74) is 2.61. The first-order valence-corrected chi connectivity index (χ1v) is 8.03. The van der Waals surface area contributed by atoms with Crippen molar-refractivity contribution in [2.75, 3.05) is 16.8 Å². The Labute approximate surface area is 111 Å². The van der Waals surface area contributed by atoms with Crippen LogP contribution in [0.25, 0.3) is 11.0 Å². The number of aryl methyl sites for hydroxylation is 2. The van der Waals surface area contributed by atoms with E-state index in [2.05, 4.69) is 15.4 Å². The van der Waals surface area contributed by atoms with Crippen molar-refractivity contribution in [3.63, 3.8) is 0 Å². The molecule has 0 saturated carbocycles. The Balaban J connectivity index is 1.88. The summed E-state index contributed by atoms with van der Waals surface area (Å²) in [5, 5.41) is 8.56. The Morgan fingerprint density at radius 1 is 1.47 bits per heavy atom. The highest BCUT2D eigenvalue weighted by Crippen LogP contribution is 2.22. The van der Waals surface area contributed by atoms with E-state index in [-0.39, 0.29) is 17.5 Å². The van der Waals surface area contributed by atoms with Gasteiger partial charge in [-0.3, -0.25) is 4.68 Å². The Kier molecular flexibility index (Phi) is 2.74. The molecule has 1 saturated heterocycles. The molecule has 1 N–H and O–H groups in total. The molecule has 0 aliphatic carbocycles. The Bertz CT molecular complexity index is 736. The van der Waals surface area contributed by atoms with E-state index >= 15 is 0 Å². The van der Waals surface area contributed by atoms with Crippen LogP contribution in [0.4, 0.5) is 5.69 Å². The van der Waals surface area contributed by atoms with E-state index in [0.29, 0.717) is 6.42 Å². The lowest BCUT2D eigenvalue weighted by Crippen LogP contribution is -2.20. The zero-order valence-corrected chi connectivity index (χ0v) is 11.7. The molecule has 2 aromatic rings. The van der Waals surface area contributed by atoms with Crippen molar-refractivity contribution >= 4 is 26.6 Å². The minimum Gasteiger partial charge on any atom is -0.380 e. The molecule has 1 fully saturated rings. The first-order chi connectivity index (χ1) is 8.94. The fourth-order valence-corrected chi connectivity index (χ4v) is 4.20. The van der Waals surface area contributed by atoms with Gasteiger partial charge in [0, 0.05) is 18.5 Å². The third-order valence-corrected chi connectivity index (χ3v) is 5.23. The monoisotopic (exact) mass is 280 g/mol. The van der Waals surface area contributed by atoms with Crippen LogP contribution < -0.4 is 5.32 Å². The Morgan fingerprint density at radius 3 is 2.95 bits per heavy atom. The fraction of sp³-hybridized carbons (Fsp3) is 0.500. The van der Waals surface area contributed by atoms with Gasteiger partial charge in [-0.15, -0.1) is 0 Å². The zero-order chi connectivity index (χ0) is 13.6. The van der Waals surface area contributed by atoms with E-state index in [1.807, 2.05) is 20.0 Å². The molecule has 1 atom stereocenters. The first-order valence-electron chi connectivity index (χ1n) is 6.21. The predicted molar refractivity (Wildman–Crippen MR) is 73.9 cm³/mol. The van der Waals surface area contributed by atoms with Gasteiger partial charge in [-0.05, 0) is 19.4 Å². The zero-order valence-electron chi connectivity index (χ0n) is 10.9. The number of hydrogen-bond donors (Lipinski definition) is 1. The molecule has 0 spiro atoms. The van der Waals surface area contributed by atoms with Gasteiger partial charge in [-0.25, -0.2) is 13.4 Å². The van der Waals surface area contributed by atoms with Crippen molar-refractivity contribution in [3.05, 3.63) is 18.0 Å². The molecule has 1 aliphatic rings. The highest BCUT2D eigenvalue weighted by atomic mass is 32.2. The quantitative estimate of drug-likeness (QED) is 0.883. The number of nitrogens with zero attached hydrogens (tertiary/aromatic N) is 3. The molecule has 2 aromatic heterocycles. The molecule has 6 nitrogen and oxygen atoms in total. The molecule has 3 heterocycles.